The van der Waals surface area contributed by atoms with Crippen molar-refractivity contribution in [1.82, 2.24) is 0 Å². The Labute approximate surface area is 78.8 Å². The molecule has 1 aliphatic rings. The molecule has 14 heavy (non-hydrogen) atoms. The molecule has 0 heterocycles. The molecule has 0 unspecified atom stereocenters. The number of hydrogen-bond donors (Lipinski definition) is 0. The Hall–Kier alpha value is -0.610. The first-order chi connectivity index (χ1) is 6.43. The predicted octanol–water partition coefficient (Wildman–Crippen LogP) is 4.28. The molecule has 5 heteroatoms. The minimum absolute atomic E-state index is 0.228. The van der Waals surface area contributed by atoms with Gasteiger partial charge in [0.05, 0.1) is 0 Å². The van der Waals surface area contributed by atoms with E-state index in [1.807, 2.05) is 0 Å². The molecule has 0 aliphatic heterocycles. The normalized spacial score (nSPS) is 19.5. The minimum Gasteiger partial charge on any atom is -0.173 e. The number of allylic oxidation sites excluding steroid dienone is 1. The summed E-state index contributed by atoms with van der Waals surface area (Å²) >= 11 is 0. The number of halogens is 5. The number of hydrogen-bond acceptors (Lipinski definition) is 0. The quantitative estimate of drug-likeness (QED) is 0.571. The van der Waals surface area contributed by atoms with Crippen molar-refractivity contribution < 1.29 is 22.0 Å². The van der Waals surface area contributed by atoms with E-state index < -0.39 is 23.7 Å². The molecule has 0 spiro atoms. The molecule has 0 nitrogen and oxygen atoms in total. The summed E-state index contributed by atoms with van der Waals surface area (Å²) in [4.78, 5) is 0. The van der Waals surface area contributed by atoms with E-state index in [-0.39, 0.29) is 12.8 Å². The second-order valence-corrected chi connectivity index (χ2v) is 3.51. The van der Waals surface area contributed by atoms with Crippen LogP contribution in [-0.2, 0) is 0 Å². The van der Waals surface area contributed by atoms with Gasteiger partial charge in [-0.05, 0) is 18.8 Å². The molecule has 0 atom stereocenters. The second kappa shape index (κ2) is 4.28. The van der Waals surface area contributed by atoms with Crippen molar-refractivity contribution in [3.8, 4) is 0 Å². The van der Waals surface area contributed by atoms with Crippen molar-refractivity contribution in [2.24, 2.45) is 5.92 Å². The van der Waals surface area contributed by atoms with Crippen molar-refractivity contribution in [2.75, 3.05) is 0 Å². The van der Waals surface area contributed by atoms with E-state index in [0.29, 0.717) is 12.8 Å². The Morgan fingerprint density at radius 3 is 1.79 bits per heavy atom. The van der Waals surface area contributed by atoms with Crippen molar-refractivity contribution in [2.45, 2.75) is 38.3 Å². The van der Waals surface area contributed by atoms with Crippen LogP contribution in [0.2, 0.25) is 0 Å². The first-order valence-corrected chi connectivity index (χ1v) is 4.55. The van der Waals surface area contributed by atoms with E-state index in [0.717, 1.165) is 6.42 Å². The van der Waals surface area contributed by atoms with Crippen LogP contribution in [0.4, 0.5) is 22.0 Å². The van der Waals surface area contributed by atoms with Crippen LogP contribution in [0.5, 0.6) is 0 Å². The summed E-state index contributed by atoms with van der Waals surface area (Å²) in [7, 11) is 0. The molecule has 1 rings (SSSR count). The van der Waals surface area contributed by atoms with Gasteiger partial charge in [-0.1, -0.05) is 19.3 Å². The van der Waals surface area contributed by atoms with Gasteiger partial charge in [-0.3, -0.25) is 0 Å². The van der Waals surface area contributed by atoms with Crippen LogP contribution in [0.3, 0.4) is 0 Å². The fourth-order valence-corrected chi connectivity index (χ4v) is 1.88. The van der Waals surface area contributed by atoms with Crippen molar-refractivity contribution >= 4 is 0 Å². The molecule has 0 aromatic carbocycles. The first-order valence-electron chi connectivity index (χ1n) is 4.55. The molecular weight excluding hydrogens is 203 g/mol. The third kappa shape index (κ3) is 2.69. The summed E-state index contributed by atoms with van der Waals surface area (Å²) in [6, 6.07) is 0. The lowest BCUT2D eigenvalue weighted by molar-refractivity contribution is -0.104. The number of alkyl halides is 3. The predicted molar refractivity (Wildman–Crippen MR) is 41.9 cm³/mol. The zero-order chi connectivity index (χ0) is 10.8. The number of rotatable bonds is 1. The highest BCUT2D eigenvalue weighted by Crippen LogP contribution is 2.41. The summed E-state index contributed by atoms with van der Waals surface area (Å²) in [5.41, 5.74) is -1.60. The van der Waals surface area contributed by atoms with Crippen molar-refractivity contribution in [3.05, 3.63) is 11.7 Å². The van der Waals surface area contributed by atoms with Crippen LogP contribution >= 0.6 is 0 Å². The van der Waals surface area contributed by atoms with E-state index in [1.54, 1.807) is 0 Å². The summed E-state index contributed by atoms with van der Waals surface area (Å²) in [5.74, 6) is -0.992. The highest BCUT2D eigenvalue weighted by Gasteiger charge is 2.42. The van der Waals surface area contributed by atoms with Gasteiger partial charge in [0.25, 0.3) is 6.08 Å². The van der Waals surface area contributed by atoms with E-state index in [1.165, 1.54) is 0 Å². The molecule has 82 valence electrons. The molecule has 0 radical (unpaired) electrons. The average Bonchev–Trinajstić information content (AvgIpc) is 2.02. The van der Waals surface area contributed by atoms with Crippen molar-refractivity contribution in [1.29, 1.82) is 0 Å². The third-order valence-electron chi connectivity index (χ3n) is 2.52. The van der Waals surface area contributed by atoms with Gasteiger partial charge in [0.1, 0.15) is 5.57 Å². The van der Waals surface area contributed by atoms with Crippen LogP contribution in [0.15, 0.2) is 11.7 Å². The summed E-state index contributed by atoms with van der Waals surface area (Å²) in [6.45, 7) is 0. The molecule has 1 saturated carbocycles. The van der Waals surface area contributed by atoms with Crippen LogP contribution in [0.25, 0.3) is 0 Å². The standard InChI is InChI=1S/C9H11F5/c10-8(11)7(9(12,13)14)6-4-2-1-3-5-6/h6H,1-5H2. The SMILES string of the molecule is FC(F)=C(C1CCCCC1)C(F)(F)F. The molecule has 0 bridgehead atoms. The molecule has 1 fully saturated rings. The van der Waals surface area contributed by atoms with E-state index in [9.17, 15) is 22.0 Å². The van der Waals surface area contributed by atoms with Crippen LogP contribution in [0.1, 0.15) is 32.1 Å². The Bertz CT molecular complexity index is 218. The fraction of sp³-hybridized carbons (Fsp3) is 0.778. The van der Waals surface area contributed by atoms with Crippen molar-refractivity contribution in [3.63, 3.8) is 0 Å². The summed E-state index contributed by atoms with van der Waals surface area (Å²) in [5, 5.41) is 0. The Morgan fingerprint density at radius 2 is 1.43 bits per heavy atom. The monoisotopic (exact) mass is 214 g/mol. The highest BCUT2D eigenvalue weighted by atomic mass is 19.4. The second-order valence-electron chi connectivity index (χ2n) is 3.51. The summed E-state index contributed by atoms with van der Waals surface area (Å²) < 4.78 is 60.9. The Kier molecular flexibility index (Phi) is 3.50. The third-order valence-corrected chi connectivity index (χ3v) is 2.52. The fourth-order valence-electron chi connectivity index (χ4n) is 1.88. The van der Waals surface area contributed by atoms with Gasteiger partial charge in [0, 0.05) is 0 Å². The highest BCUT2D eigenvalue weighted by molar-refractivity contribution is 5.14. The maximum Gasteiger partial charge on any atom is 0.418 e. The van der Waals surface area contributed by atoms with Crippen LogP contribution in [0, 0.1) is 5.92 Å². The molecule has 0 N–H and O–H groups in total. The smallest absolute Gasteiger partial charge is 0.173 e. The molecule has 0 aromatic heterocycles. The van der Waals surface area contributed by atoms with Gasteiger partial charge < -0.3 is 0 Å². The van der Waals surface area contributed by atoms with Gasteiger partial charge in [-0.15, -0.1) is 0 Å². The molecule has 1 aliphatic carbocycles. The largest absolute Gasteiger partial charge is 0.418 e. The molecule has 0 aromatic rings. The van der Waals surface area contributed by atoms with Gasteiger partial charge in [0.15, 0.2) is 0 Å². The molecule has 0 saturated heterocycles. The van der Waals surface area contributed by atoms with E-state index in [4.69, 9.17) is 0 Å². The zero-order valence-electron chi connectivity index (χ0n) is 7.50. The lowest BCUT2D eigenvalue weighted by Gasteiger charge is -2.24. The lowest BCUT2D eigenvalue weighted by atomic mass is 9.84. The Morgan fingerprint density at radius 1 is 0.929 bits per heavy atom. The van der Waals surface area contributed by atoms with Gasteiger partial charge in [-0.2, -0.15) is 22.0 Å². The van der Waals surface area contributed by atoms with Crippen LogP contribution in [-0.4, -0.2) is 6.18 Å². The maximum absolute atomic E-state index is 12.2. The lowest BCUT2D eigenvalue weighted by Crippen LogP contribution is -2.22. The van der Waals surface area contributed by atoms with E-state index >= 15 is 0 Å². The topological polar surface area (TPSA) is 0 Å². The summed E-state index contributed by atoms with van der Waals surface area (Å²) in [6.07, 6.45) is -4.92. The van der Waals surface area contributed by atoms with Crippen LogP contribution < -0.4 is 0 Å². The van der Waals surface area contributed by atoms with E-state index in [2.05, 4.69) is 0 Å². The molecule has 0 amide bonds. The first kappa shape index (κ1) is 11.5. The van der Waals surface area contributed by atoms with Gasteiger partial charge in [-0.25, -0.2) is 0 Å². The maximum atomic E-state index is 12.2. The molecular formula is C9H11F5. The zero-order valence-corrected chi connectivity index (χ0v) is 7.50. The van der Waals surface area contributed by atoms with Gasteiger partial charge >= 0.3 is 6.18 Å². The minimum atomic E-state index is -4.87. The van der Waals surface area contributed by atoms with Gasteiger partial charge in [0.2, 0.25) is 0 Å². The average molecular weight is 214 g/mol. The Balaban J connectivity index is 2.83.